The topological polar surface area (TPSA) is 55.1 Å². The zero-order valence-electron chi connectivity index (χ0n) is 12.0. The SMILES string of the molecule is Cc1ccc(Br)c(NC(=O)C(N)CCc2ccccc2)c1. The number of nitrogens with one attached hydrogen (secondary N) is 1. The fraction of sp³-hybridized carbons (Fsp3) is 0.235. The van der Waals surface area contributed by atoms with E-state index in [2.05, 4.69) is 21.2 Å². The highest BCUT2D eigenvalue weighted by atomic mass is 79.9. The van der Waals surface area contributed by atoms with Crippen LogP contribution in [0.5, 0.6) is 0 Å². The number of anilines is 1. The Morgan fingerprint density at radius 1 is 1.24 bits per heavy atom. The van der Waals surface area contributed by atoms with Gasteiger partial charge in [-0.2, -0.15) is 0 Å². The summed E-state index contributed by atoms with van der Waals surface area (Å²) in [4.78, 5) is 12.1. The van der Waals surface area contributed by atoms with Gasteiger partial charge in [-0.15, -0.1) is 0 Å². The van der Waals surface area contributed by atoms with E-state index in [1.54, 1.807) is 0 Å². The number of rotatable bonds is 5. The van der Waals surface area contributed by atoms with Crippen LogP contribution < -0.4 is 11.1 Å². The van der Waals surface area contributed by atoms with Crippen molar-refractivity contribution in [1.82, 2.24) is 0 Å². The summed E-state index contributed by atoms with van der Waals surface area (Å²) in [6.07, 6.45) is 1.42. The molecule has 0 fully saturated rings. The lowest BCUT2D eigenvalue weighted by atomic mass is 10.1. The fourth-order valence-electron chi connectivity index (χ4n) is 2.06. The molecular weight excluding hydrogens is 328 g/mol. The van der Waals surface area contributed by atoms with Gasteiger partial charge < -0.3 is 11.1 Å². The van der Waals surface area contributed by atoms with Crippen LogP contribution in [0.15, 0.2) is 53.0 Å². The molecule has 1 unspecified atom stereocenters. The van der Waals surface area contributed by atoms with Crippen LogP contribution in [-0.4, -0.2) is 11.9 Å². The van der Waals surface area contributed by atoms with Gasteiger partial charge >= 0.3 is 0 Å². The summed E-state index contributed by atoms with van der Waals surface area (Å²) >= 11 is 3.43. The van der Waals surface area contributed by atoms with Crippen molar-refractivity contribution >= 4 is 27.5 Å². The minimum absolute atomic E-state index is 0.155. The average molecular weight is 347 g/mol. The van der Waals surface area contributed by atoms with Crippen molar-refractivity contribution in [2.75, 3.05) is 5.32 Å². The van der Waals surface area contributed by atoms with Gasteiger partial charge in [-0.25, -0.2) is 0 Å². The van der Waals surface area contributed by atoms with Crippen LogP contribution in [0.1, 0.15) is 17.5 Å². The monoisotopic (exact) mass is 346 g/mol. The van der Waals surface area contributed by atoms with Crippen LogP contribution in [-0.2, 0) is 11.2 Å². The predicted molar refractivity (Wildman–Crippen MR) is 90.2 cm³/mol. The molecule has 2 rings (SSSR count). The van der Waals surface area contributed by atoms with Crippen molar-refractivity contribution in [3.8, 4) is 0 Å². The third-order valence-electron chi connectivity index (χ3n) is 3.30. The predicted octanol–water partition coefficient (Wildman–Crippen LogP) is 3.66. The molecule has 1 amide bonds. The lowest BCUT2D eigenvalue weighted by molar-refractivity contribution is -0.117. The van der Waals surface area contributed by atoms with E-state index in [0.29, 0.717) is 6.42 Å². The molecule has 3 N–H and O–H groups in total. The van der Waals surface area contributed by atoms with Crippen LogP contribution in [0.4, 0.5) is 5.69 Å². The maximum atomic E-state index is 12.1. The molecular formula is C17H19BrN2O. The van der Waals surface area contributed by atoms with Gasteiger partial charge in [-0.1, -0.05) is 36.4 Å². The first-order valence-corrected chi connectivity index (χ1v) is 7.72. The van der Waals surface area contributed by atoms with E-state index in [0.717, 1.165) is 22.1 Å². The molecule has 0 saturated carbocycles. The molecule has 21 heavy (non-hydrogen) atoms. The third-order valence-corrected chi connectivity index (χ3v) is 3.99. The standard InChI is InChI=1S/C17H19BrN2O/c1-12-7-9-14(18)16(11-12)20-17(21)15(19)10-8-13-5-3-2-4-6-13/h2-7,9,11,15H,8,10,19H2,1H3,(H,20,21). The summed E-state index contributed by atoms with van der Waals surface area (Å²) in [5.74, 6) is -0.155. The molecule has 0 aliphatic carbocycles. The van der Waals surface area contributed by atoms with Crippen molar-refractivity contribution in [2.24, 2.45) is 5.73 Å². The minimum atomic E-state index is -0.516. The first kappa shape index (κ1) is 15.7. The number of nitrogens with two attached hydrogens (primary N) is 1. The first-order chi connectivity index (χ1) is 10.1. The van der Waals surface area contributed by atoms with E-state index in [4.69, 9.17) is 5.73 Å². The van der Waals surface area contributed by atoms with Gasteiger partial charge in [-0.3, -0.25) is 4.79 Å². The maximum absolute atomic E-state index is 12.1. The van der Waals surface area contributed by atoms with E-state index in [9.17, 15) is 4.79 Å². The zero-order chi connectivity index (χ0) is 15.2. The molecule has 0 aliphatic rings. The van der Waals surface area contributed by atoms with Crippen LogP contribution in [0, 0.1) is 6.92 Å². The Kier molecular flexibility index (Phi) is 5.53. The molecule has 1 atom stereocenters. The lowest BCUT2D eigenvalue weighted by Crippen LogP contribution is -2.36. The lowest BCUT2D eigenvalue weighted by Gasteiger charge is -2.13. The summed E-state index contributed by atoms with van der Waals surface area (Å²) in [5.41, 5.74) is 9.01. The summed E-state index contributed by atoms with van der Waals surface area (Å²) < 4.78 is 0.858. The smallest absolute Gasteiger partial charge is 0.241 e. The highest BCUT2D eigenvalue weighted by molar-refractivity contribution is 9.10. The quantitative estimate of drug-likeness (QED) is 0.867. The molecule has 110 valence electrons. The van der Waals surface area contributed by atoms with Gasteiger partial charge in [0.1, 0.15) is 0 Å². The van der Waals surface area contributed by atoms with Gasteiger partial charge in [-0.05, 0) is 59.0 Å². The summed E-state index contributed by atoms with van der Waals surface area (Å²) in [7, 11) is 0. The number of amides is 1. The maximum Gasteiger partial charge on any atom is 0.241 e. The molecule has 0 radical (unpaired) electrons. The molecule has 0 bridgehead atoms. The van der Waals surface area contributed by atoms with Gasteiger partial charge in [0.15, 0.2) is 0 Å². The van der Waals surface area contributed by atoms with Crippen molar-refractivity contribution < 1.29 is 4.79 Å². The van der Waals surface area contributed by atoms with Gasteiger partial charge in [0.05, 0.1) is 11.7 Å². The Morgan fingerprint density at radius 2 is 1.95 bits per heavy atom. The van der Waals surface area contributed by atoms with Gasteiger partial charge in [0.2, 0.25) is 5.91 Å². The molecule has 0 spiro atoms. The Bertz CT molecular complexity index is 613. The van der Waals surface area contributed by atoms with Crippen LogP contribution in [0.2, 0.25) is 0 Å². The highest BCUT2D eigenvalue weighted by Crippen LogP contribution is 2.23. The molecule has 3 nitrogen and oxygen atoms in total. The summed E-state index contributed by atoms with van der Waals surface area (Å²) in [5, 5.41) is 2.88. The van der Waals surface area contributed by atoms with E-state index in [-0.39, 0.29) is 5.91 Å². The zero-order valence-corrected chi connectivity index (χ0v) is 13.6. The number of hydrogen-bond donors (Lipinski definition) is 2. The second kappa shape index (κ2) is 7.38. The fourth-order valence-corrected chi connectivity index (χ4v) is 2.40. The largest absolute Gasteiger partial charge is 0.324 e. The normalized spacial score (nSPS) is 12.0. The first-order valence-electron chi connectivity index (χ1n) is 6.93. The van der Waals surface area contributed by atoms with Crippen LogP contribution in [0.25, 0.3) is 0 Å². The Labute approximate surface area is 133 Å². The number of benzene rings is 2. The molecule has 2 aromatic carbocycles. The van der Waals surface area contributed by atoms with Crippen LogP contribution in [0.3, 0.4) is 0 Å². The number of aryl methyl sites for hydroxylation is 2. The molecule has 2 aromatic rings. The van der Waals surface area contributed by atoms with Crippen molar-refractivity contribution in [3.05, 3.63) is 64.1 Å². The molecule has 0 aromatic heterocycles. The third kappa shape index (κ3) is 4.69. The Hall–Kier alpha value is -1.65. The second-order valence-corrected chi connectivity index (χ2v) is 5.96. The highest BCUT2D eigenvalue weighted by Gasteiger charge is 2.14. The van der Waals surface area contributed by atoms with E-state index < -0.39 is 6.04 Å². The van der Waals surface area contributed by atoms with E-state index in [1.807, 2.05) is 55.5 Å². The summed E-state index contributed by atoms with van der Waals surface area (Å²) in [6.45, 7) is 1.98. The van der Waals surface area contributed by atoms with Crippen molar-refractivity contribution in [1.29, 1.82) is 0 Å². The summed E-state index contributed by atoms with van der Waals surface area (Å²) in [6, 6.07) is 15.4. The second-order valence-electron chi connectivity index (χ2n) is 5.10. The molecule has 0 aliphatic heterocycles. The molecule has 4 heteroatoms. The van der Waals surface area contributed by atoms with Crippen molar-refractivity contribution in [2.45, 2.75) is 25.8 Å². The Morgan fingerprint density at radius 3 is 2.67 bits per heavy atom. The van der Waals surface area contributed by atoms with Crippen LogP contribution >= 0.6 is 15.9 Å². The molecule has 0 heterocycles. The van der Waals surface area contributed by atoms with E-state index >= 15 is 0 Å². The number of hydrogen-bond acceptors (Lipinski definition) is 2. The average Bonchev–Trinajstić information content (AvgIpc) is 2.49. The van der Waals surface area contributed by atoms with E-state index in [1.165, 1.54) is 5.56 Å². The number of halogens is 1. The Balaban J connectivity index is 1.92. The molecule has 0 saturated heterocycles. The minimum Gasteiger partial charge on any atom is -0.324 e. The number of carbonyl (C=O) groups excluding carboxylic acids is 1. The number of carbonyl (C=O) groups is 1. The van der Waals surface area contributed by atoms with Gasteiger partial charge in [0, 0.05) is 4.47 Å². The van der Waals surface area contributed by atoms with Gasteiger partial charge in [0.25, 0.3) is 0 Å². The van der Waals surface area contributed by atoms with Crippen molar-refractivity contribution in [3.63, 3.8) is 0 Å².